The van der Waals surface area contributed by atoms with Crippen LogP contribution >= 0.6 is 15.9 Å². The highest BCUT2D eigenvalue weighted by Crippen LogP contribution is 2.30. The first-order chi connectivity index (χ1) is 7.27. The molecule has 0 aromatic carbocycles. The fraction of sp³-hybridized carbons (Fsp3) is 0.917. The van der Waals surface area contributed by atoms with Crippen LogP contribution in [0.15, 0.2) is 0 Å². The van der Waals surface area contributed by atoms with Crippen LogP contribution in [-0.2, 0) is 4.79 Å². The molecule has 0 N–H and O–H groups in total. The first-order valence-corrected chi connectivity index (χ1v) is 7.23. The van der Waals surface area contributed by atoms with Gasteiger partial charge in [0.15, 0.2) is 0 Å². The maximum Gasteiger partial charge on any atom is 0.222 e. The summed E-state index contributed by atoms with van der Waals surface area (Å²) < 4.78 is 0. The highest BCUT2D eigenvalue weighted by atomic mass is 79.9. The smallest absolute Gasteiger partial charge is 0.222 e. The molecule has 0 aromatic rings. The average Bonchev–Trinajstić information content (AvgIpc) is 3.01. The fourth-order valence-electron chi connectivity index (χ4n) is 1.73. The van der Waals surface area contributed by atoms with Gasteiger partial charge < -0.3 is 4.90 Å². The van der Waals surface area contributed by atoms with Gasteiger partial charge in [-0.05, 0) is 38.0 Å². The van der Waals surface area contributed by atoms with E-state index >= 15 is 0 Å². The number of hydrogen-bond donors (Lipinski definition) is 0. The average molecular weight is 276 g/mol. The Hall–Kier alpha value is -0.0500. The van der Waals surface area contributed by atoms with Crippen molar-refractivity contribution in [2.75, 3.05) is 18.4 Å². The molecule has 0 bridgehead atoms. The van der Waals surface area contributed by atoms with Crippen LogP contribution in [0.5, 0.6) is 0 Å². The maximum absolute atomic E-state index is 11.9. The molecule has 1 amide bonds. The van der Waals surface area contributed by atoms with Crippen molar-refractivity contribution in [1.29, 1.82) is 0 Å². The van der Waals surface area contributed by atoms with E-state index in [1.807, 2.05) is 0 Å². The van der Waals surface area contributed by atoms with Crippen molar-refractivity contribution >= 4 is 21.8 Å². The third-order valence-corrected chi connectivity index (χ3v) is 3.36. The first-order valence-electron chi connectivity index (χ1n) is 6.11. The van der Waals surface area contributed by atoms with E-state index in [-0.39, 0.29) is 0 Å². The maximum atomic E-state index is 11.9. The number of hydrogen-bond acceptors (Lipinski definition) is 1. The summed E-state index contributed by atoms with van der Waals surface area (Å²) >= 11 is 3.39. The molecule has 1 rings (SSSR count). The van der Waals surface area contributed by atoms with Crippen LogP contribution < -0.4 is 0 Å². The molecule has 1 aliphatic rings. The van der Waals surface area contributed by atoms with Gasteiger partial charge in [0.05, 0.1) is 0 Å². The summed E-state index contributed by atoms with van der Waals surface area (Å²) in [7, 11) is 0. The molecule has 2 nitrogen and oxygen atoms in total. The molecule has 0 aliphatic heterocycles. The lowest BCUT2D eigenvalue weighted by Crippen LogP contribution is -2.33. The van der Waals surface area contributed by atoms with E-state index in [1.54, 1.807) is 0 Å². The molecule has 0 aromatic heterocycles. The zero-order valence-corrected chi connectivity index (χ0v) is 11.3. The van der Waals surface area contributed by atoms with Gasteiger partial charge in [-0.1, -0.05) is 22.9 Å². The summed E-state index contributed by atoms with van der Waals surface area (Å²) in [4.78, 5) is 14.0. The van der Waals surface area contributed by atoms with Crippen molar-refractivity contribution in [3.8, 4) is 0 Å². The van der Waals surface area contributed by atoms with Gasteiger partial charge in [0, 0.05) is 24.8 Å². The number of carbonyl (C=O) groups is 1. The molecule has 0 radical (unpaired) electrons. The number of unbranched alkanes of at least 4 members (excludes halogenated alkanes) is 1. The number of rotatable bonds is 8. The summed E-state index contributed by atoms with van der Waals surface area (Å²) in [6, 6.07) is 0. The van der Waals surface area contributed by atoms with E-state index in [4.69, 9.17) is 0 Å². The van der Waals surface area contributed by atoms with E-state index in [2.05, 4.69) is 27.8 Å². The Kier molecular flexibility index (Phi) is 6.30. The van der Waals surface area contributed by atoms with E-state index in [0.29, 0.717) is 5.91 Å². The lowest BCUT2D eigenvalue weighted by molar-refractivity contribution is -0.131. The third-order valence-electron chi connectivity index (χ3n) is 2.80. The van der Waals surface area contributed by atoms with Crippen LogP contribution in [0.1, 0.15) is 45.4 Å². The summed E-state index contributed by atoms with van der Waals surface area (Å²) in [6.07, 6.45) is 6.60. The lowest BCUT2D eigenvalue weighted by Gasteiger charge is -2.22. The van der Waals surface area contributed by atoms with Crippen LogP contribution in [-0.4, -0.2) is 29.2 Å². The largest absolute Gasteiger partial charge is 0.342 e. The molecule has 0 unspecified atom stereocenters. The number of halogens is 1. The number of nitrogens with zero attached hydrogens (tertiary/aromatic N) is 1. The van der Waals surface area contributed by atoms with E-state index in [9.17, 15) is 4.79 Å². The van der Waals surface area contributed by atoms with Gasteiger partial charge in [-0.25, -0.2) is 0 Å². The first kappa shape index (κ1) is 13.0. The normalized spacial score (nSPS) is 15.3. The van der Waals surface area contributed by atoms with Gasteiger partial charge >= 0.3 is 0 Å². The van der Waals surface area contributed by atoms with Gasteiger partial charge in [-0.15, -0.1) is 0 Å². The molecule has 1 aliphatic carbocycles. The van der Waals surface area contributed by atoms with Crippen molar-refractivity contribution in [2.24, 2.45) is 5.92 Å². The van der Waals surface area contributed by atoms with Crippen LogP contribution in [0, 0.1) is 5.92 Å². The monoisotopic (exact) mass is 275 g/mol. The molecule has 0 heterocycles. The molecule has 0 spiro atoms. The van der Waals surface area contributed by atoms with Crippen molar-refractivity contribution < 1.29 is 4.79 Å². The SMILES string of the molecule is CCCN(CC1CC1)C(=O)CCCCBr. The Morgan fingerprint density at radius 3 is 2.67 bits per heavy atom. The van der Waals surface area contributed by atoms with Gasteiger partial charge in [-0.2, -0.15) is 0 Å². The summed E-state index contributed by atoms with van der Waals surface area (Å²) in [5.74, 6) is 1.18. The zero-order chi connectivity index (χ0) is 11.1. The standard InChI is InChI=1S/C12H22BrNO/c1-2-9-14(10-11-6-7-11)12(15)5-3-4-8-13/h11H,2-10H2,1H3. The van der Waals surface area contributed by atoms with Crippen LogP contribution in [0.3, 0.4) is 0 Å². The summed E-state index contributed by atoms with van der Waals surface area (Å²) in [6.45, 7) is 4.11. The molecule has 88 valence electrons. The van der Waals surface area contributed by atoms with E-state index in [0.717, 1.165) is 50.0 Å². The minimum atomic E-state index is 0.365. The highest BCUT2D eigenvalue weighted by Gasteiger charge is 2.25. The molecule has 1 fully saturated rings. The quantitative estimate of drug-likeness (QED) is 0.492. The van der Waals surface area contributed by atoms with Crippen LogP contribution in [0.4, 0.5) is 0 Å². The van der Waals surface area contributed by atoms with Gasteiger partial charge in [-0.3, -0.25) is 4.79 Å². The second-order valence-corrected chi connectivity index (χ2v) is 5.22. The predicted octanol–water partition coefficient (Wildman–Crippen LogP) is 3.20. The molecule has 15 heavy (non-hydrogen) atoms. The summed E-state index contributed by atoms with van der Waals surface area (Å²) in [5.41, 5.74) is 0. The third kappa shape index (κ3) is 5.55. The zero-order valence-electron chi connectivity index (χ0n) is 9.67. The van der Waals surface area contributed by atoms with Gasteiger partial charge in [0.25, 0.3) is 0 Å². The molecule has 1 saturated carbocycles. The van der Waals surface area contributed by atoms with Gasteiger partial charge in [0.1, 0.15) is 0 Å². The Morgan fingerprint density at radius 2 is 2.13 bits per heavy atom. The Morgan fingerprint density at radius 1 is 1.40 bits per heavy atom. The van der Waals surface area contributed by atoms with Crippen molar-refractivity contribution in [2.45, 2.75) is 45.4 Å². The van der Waals surface area contributed by atoms with Crippen molar-refractivity contribution in [1.82, 2.24) is 4.90 Å². The van der Waals surface area contributed by atoms with E-state index < -0.39 is 0 Å². The Balaban J connectivity index is 2.22. The fourth-order valence-corrected chi connectivity index (χ4v) is 2.13. The molecule has 3 heteroatoms. The molecular weight excluding hydrogens is 254 g/mol. The van der Waals surface area contributed by atoms with E-state index in [1.165, 1.54) is 12.8 Å². The molecular formula is C12H22BrNO. The number of carbonyl (C=O) groups excluding carboxylic acids is 1. The van der Waals surface area contributed by atoms with Crippen LogP contribution in [0.2, 0.25) is 0 Å². The Bertz CT molecular complexity index is 192. The predicted molar refractivity (Wildman–Crippen MR) is 67.2 cm³/mol. The lowest BCUT2D eigenvalue weighted by atomic mass is 10.2. The molecule has 0 saturated heterocycles. The minimum Gasteiger partial charge on any atom is -0.342 e. The topological polar surface area (TPSA) is 20.3 Å². The highest BCUT2D eigenvalue weighted by molar-refractivity contribution is 9.09. The minimum absolute atomic E-state index is 0.365. The number of amides is 1. The van der Waals surface area contributed by atoms with Crippen molar-refractivity contribution in [3.63, 3.8) is 0 Å². The second-order valence-electron chi connectivity index (χ2n) is 4.43. The van der Waals surface area contributed by atoms with Gasteiger partial charge in [0.2, 0.25) is 5.91 Å². The number of alkyl halides is 1. The van der Waals surface area contributed by atoms with Crippen molar-refractivity contribution in [3.05, 3.63) is 0 Å². The summed E-state index contributed by atoms with van der Waals surface area (Å²) in [5, 5.41) is 1.01. The second kappa shape index (κ2) is 7.26. The molecule has 0 atom stereocenters. The van der Waals surface area contributed by atoms with Crippen LogP contribution in [0.25, 0.3) is 0 Å². The Labute approximate surface area is 102 Å².